The maximum atomic E-state index is 6.23. The average molecular weight is 279 g/mol. The van der Waals surface area contributed by atoms with Crippen LogP contribution in [0, 0.1) is 0 Å². The van der Waals surface area contributed by atoms with Gasteiger partial charge >= 0.3 is 0 Å². The van der Waals surface area contributed by atoms with Crippen molar-refractivity contribution in [1.29, 1.82) is 0 Å². The molecule has 2 aliphatic rings. The minimum absolute atomic E-state index is 0.238. The first-order valence-corrected chi connectivity index (χ1v) is 7.89. The maximum Gasteiger partial charge on any atom is 0.0981 e. The van der Waals surface area contributed by atoms with Crippen LogP contribution in [0.4, 0.5) is 0 Å². The zero-order chi connectivity index (χ0) is 14.1. The van der Waals surface area contributed by atoms with Crippen LogP contribution >= 0.6 is 0 Å². The predicted molar refractivity (Wildman–Crippen MR) is 84.3 cm³/mol. The zero-order valence-electron chi connectivity index (χ0n) is 12.2. The number of rotatable bonds is 2. The fourth-order valence-electron chi connectivity index (χ4n) is 3.68. The second kappa shape index (κ2) is 5.63. The number of hydrogen-bond acceptors (Lipinski definition) is 2. The van der Waals surface area contributed by atoms with Gasteiger partial charge in [0.15, 0.2) is 0 Å². The number of aryl methyl sites for hydroxylation is 1. The van der Waals surface area contributed by atoms with Gasteiger partial charge in [0.2, 0.25) is 0 Å². The molecule has 2 heteroatoms. The summed E-state index contributed by atoms with van der Waals surface area (Å²) >= 11 is 0. The molecule has 0 radical (unpaired) electrons. The molecule has 3 unspecified atom stereocenters. The fourth-order valence-corrected chi connectivity index (χ4v) is 3.68. The molecule has 1 saturated heterocycles. The molecule has 1 aliphatic carbocycles. The summed E-state index contributed by atoms with van der Waals surface area (Å²) in [6, 6.07) is 20.3. The van der Waals surface area contributed by atoms with E-state index in [0.717, 1.165) is 19.4 Å². The summed E-state index contributed by atoms with van der Waals surface area (Å²) in [6.07, 6.45) is 3.62. The molecule has 1 N–H and O–H groups in total. The van der Waals surface area contributed by atoms with Crippen molar-refractivity contribution in [2.45, 2.75) is 37.5 Å². The van der Waals surface area contributed by atoms with Crippen LogP contribution in [0.2, 0.25) is 0 Å². The van der Waals surface area contributed by atoms with Crippen LogP contribution in [0.1, 0.15) is 29.2 Å². The molecule has 2 nitrogen and oxygen atoms in total. The molecule has 1 heterocycles. The molecule has 4 rings (SSSR count). The molecule has 108 valence electrons. The van der Waals surface area contributed by atoms with Crippen molar-refractivity contribution in [1.82, 2.24) is 5.32 Å². The Bertz CT molecular complexity index is 610. The first kappa shape index (κ1) is 13.1. The lowest BCUT2D eigenvalue weighted by Crippen LogP contribution is -2.52. The quantitative estimate of drug-likeness (QED) is 0.911. The van der Waals surface area contributed by atoms with E-state index in [1.165, 1.54) is 23.1 Å². The van der Waals surface area contributed by atoms with Crippen molar-refractivity contribution in [3.05, 3.63) is 71.3 Å². The lowest BCUT2D eigenvalue weighted by molar-refractivity contribution is -0.0360. The summed E-state index contributed by atoms with van der Waals surface area (Å²) in [4.78, 5) is 0. The highest BCUT2D eigenvalue weighted by Crippen LogP contribution is 2.35. The van der Waals surface area contributed by atoms with Crippen molar-refractivity contribution in [3.63, 3.8) is 0 Å². The van der Waals surface area contributed by atoms with Crippen LogP contribution < -0.4 is 5.32 Å². The highest BCUT2D eigenvalue weighted by molar-refractivity contribution is 5.33. The second-order valence-electron chi connectivity index (χ2n) is 6.15. The van der Waals surface area contributed by atoms with E-state index in [-0.39, 0.29) is 6.10 Å². The van der Waals surface area contributed by atoms with Crippen molar-refractivity contribution in [2.24, 2.45) is 0 Å². The summed E-state index contributed by atoms with van der Waals surface area (Å²) in [5, 5.41) is 3.82. The average Bonchev–Trinajstić information content (AvgIpc) is 2.55. The van der Waals surface area contributed by atoms with E-state index in [4.69, 9.17) is 4.74 Å². The molecule has 3 atom stereocenters. The lowest BCUT2D eigenvalue weighted by atomic mass is 9.84. The summed E-state index contributed by atoms with van der Waals surface area (Å²) < 4.78 is 6.23. The van der Waals surface area contributed by atoms with Gasteiger partial charge in [0.1, 0.15) is 0 Å². The second-order valence-corrected chi connectivity index (χ2v) is 6.15. The van der Waals surface area contributed by atoms with Crippen LogP contribution in [-0.4, -0.2) is 18.7 Å². The number of morpholine rings is 1. The van der Waals surface area contributed by atoms with Gasteiger partial charge in [-0.05, 0) is 36.0 Å². The largest absolute Gasteiger partial charge is 0.370 e. The molecule has 0 spiro atoms. The Morgan fingerprint density at radius 3 is 2.71 bits per heavy atom. The molecular weight excluding hydrogens is 258 g/mol. The van der Waals surface area contributed by atoms with Gasteiger partial charge in [-0.15, -0.1) is 0 Å². The monoisotopic (exact) mass is 279 g/mol. The molecule has 2 aromatic rings. The number of ether oxygens (including phenoxy) is 1. The van der Waals surface area contributed by atoms with Crippen molar-refractivity contribution in [3.8, 4) is 0 Å². The zero-order valence-corrected chi connectivity index (χ0v) is 12.2. The third-order valence-corrected chi connectivity index (χ3v) is 4.70. The minimum atomic E-state index is 0.238. The Labute approximate surface area is 126 Å². The molecule has 21 heavy (non-hydrogen) atoms. The van der Waals surface area contributed by atoms with E-state index in [1.807, 2.05) is 0 Å². The topological polar surface area (TPSA) is 21.3 Å². The normalized spacial score (nSPS) is 27.7. The highest BCUT2D eigenvalue weighted by atomic mass is 16.5. The SMILES string of the molecule is c1ccc(CC2COC3c4ccccc4CCC3N2)cc1. The number of benzene rings is 2. The Morgan fingerprint density at radius 2 is 1.81 bits per heavy atom. The van der Waals surface area contributed by atoms with E-state index >= 15 is 0 Å². The molecule has 0 bridgehead atoms. The van der Waals surface area contributed by atoms with Gasteiger partial charge in [-0.3, -0.25) is 0 Å². The number of fused-ring (bicyclic) bond motifs is 3. The summed E-state index contributed by atoms with van der Waals surface area (Å²) in [5.74, 6) is 0. The van der Waals surface area contributed by atoms with E-state index in [0.29, 0.717) is 12.1 Å². The van der Waals surface area contributed by atoms with Gasteiger partial charge in [0.25, 0.3) is 0 Å². The maximum absolute atomic E-state index is 6.23. The van der Waals surface area contributed by atoms with Gasteiger partial charge in [0.05, 0.1) is 12.7 Å². The number of hydrogen-bond donors (Lipinski definition) is 1. The third kappa shape index (κ3) is 2.61. The van der Waals surface area contributed by atoms with Crippen LogP contribution in [0.15, 0.2) is 54.6 Å². The third-order valence-electron chi connectivity index (χ3n) is 4.70. The summed E-state index contributed by atoms with van der Waals surface area (Å²) in [7, 11) is 0. The van der Waals surface area contributed by atoms with Crippen molar-refractivity contribution >= 4 is 0 Å². The molecule has 2 aromatic carbocycles. The molecule has 0 aromatic heterocycles. The predicted octanol–water partition coefficient (Wildman–Crippen LogP) is 3.27. The van der Waals surface area contributed by atoms with Crippen LogP contribution in [0.5, 0.6) is 0 Å². The molecular formula is C19H21NO. The standard InChI is InChI=1S/C19H21NO/c1-2-6-14(7-3-1)12-16-13-21-19-17-9-5-4-8-15(17)10-11-18(19)20-16/h1-9,16,18-20H,10-13H2. The molecule has 1 fully saturated rings. The van der Waals surface area contributed by atoms with Gasteiger partial charge in [-0.2, -0.15) is 0 Å². The van der Waals surface area contributed by atoms with Gasteiger partial charge in [0, 0.05) is 12.1 Å². The molecule has 0 amide bonds. The van der Waals surface area contributed by atoms with Crippen LogP contribution in [-0.2, 0) is 17.6 Å². The van der Waals surface area contributed by atoms with Crippen molar-refractivity contribution in [2.75, 3.05) is 6.61 Å². The lowest BCUT2D eigenvalue weighted by Gasteiger charge is -2.41. The fraction of sp³-hybridized carbons (Fsp3) is 0.368. The first-order chi connectivity index (χ1) is 10.4. The highest BCUT2D eigenvalue weighted by Gasteiger charge is 2.35. The van der Waals surface area contributed by atoms with Gasteiger partial charge in [-0.25, -0.2) is 0 Å². The molecule has 0 saturated carbocycles. The van der Waals surface area contributed by atoms with E-state index in [1.54, 1.807) is 0 Å². The Morgan fingerprint density at radius 1 is 1.00 bits per heavy atom. The Kier molecular flexibility index (Phi) is 3.50. The number of nitrogens with one attached hydrogen (secondary N) is 1. The van der Waals surface area contributed by atoms with Gasteiger partial charge in [-0.1, -0.05) is 54.6 Å². The Balaban J connectivity index is 1.48. The summed E-state index contributed by atoms with van der Waals surface area (Å²) in [5.41, 5.74) is 4.23. The van der Waals surface area contributed by atoms with Gasteiger partial charge < -0.3 is 10.1 Å². The summed E-state index contributed by atoms with van der Waals surface area (Å²) in [6.45, 7) is 0.796. The van der Waals surface area contributed by atoms with Crippen LogP contribution in [0.25, 0.3) is 0 Å². The van der Waals surface area contributed by atoms with E-state index in [9.17, 15) is 0 Å². The van der Waals surface area contributed by atoms with Crippen LogP contribution in [0.3, 0.4) is 0 Å². The molecule has 1 aliphatic heterocycles. The van der Waals surface area contributed by atoms with Crippen molar-refractivity contribution < 1.29 is 4.74 Å². The Hall–Kier alpha value is -1.64. The minimum Gasteiger partial charge on any atom is -0.370 e. The van der Waals surface area contributed by atoms with E-state index in [2.05, 4.69) is 59.9 Å². The van der Waals surface area contributed by atoms with E-state index < -0.39 is 0 Å². The first-order valence-electron chi connectivity index (χ1n) is 7.89. The smallest absolute Gasteiger partial charge is 0.0981 e.